The van der Waals surface area contributed by atoms with Crippen LogP contribution in [0.15, 0.2) is 18.2 Å². The molecule has 122 valence electrons. The summed E-state index contributed by atoms with van der Waals surface area (Å²) in [6.07, 6.45) is -4.65. The molecule has 1 aromatic carbocycles. The van der Waals surface area contributed by atoms with Gasteiger partial charge in [-0.1, -0.05) is 0 Å². The lowest BCUT2D eigenvalue weighted by Crippen LogP contribution is -2.41. The van der Waals surface area contributed by atoms with Crippen LogP contribution in [0.3, 0.4) is 0 Å². The van der Waals surface area contributed by atoms with E-state index in [-0.39, 0.29) is 5.56 Å². The third kappa shape index (κ3) is 3.14. The molecule has 22 heavy (non-hydrogen) atoms. The Morgan fingerprint density at radius 1 is 1.05 bits per heavy atom. The Kier molecular flexibility index (Phi) is 4.09. The molecule has 0 amide bonds. The fourth-order valence-corrected chi connectivity index (χ4v) is 2.16. The Bertz CT molecular complexity index is 558. The Hall–Kier alpha value is -1.12. The standard InChI is InChI=1S/C14H18BF4NO2/c1-12(2)13(3,4)22-15(21-12)11(20)8-5-9(14(17,18)19)7-10(16)6-8/h5-7,11H,20H2,1-4H3/t11-/m0/s1. The van der Waals surface area contributed by atoms with Gasteiger partial charge in [-0.15, -0.1) is 0 Å². The first-order valence-electron chi connectivity index (χ1n) is 6.82. The number of hydrogen-bond acceptors (Lipinski definition) is 3. The second-order valence-corrected chi connectivity index (χ2v) is 6.42. The van der Waals surface area contributed by atoms with Crippen molar-refractivity contribution >= 4 is 7.12 Å². The van der Waals surface area contributed by atoms with Gasteiger partial charge in [0.25, 0.3) is 0 Å². The summed E-state index contributed by atoms with van der Waals surface area (Å²) in [5, 5.41) is 0. The van der Waals surface area contributed by atoms with Gasteiger partial charge in [-0.25, -0.2) is 4.39 Å². The lowest BCUT2D eigenvalue weighted by molar-refractivity contribution is -0.137. The summed E-state index contributed by atoms with van der Waals surface area (Å²) in [5.74, 6) is -2.03. The summed E-state index contributed by atoms with van der Waals surface area (Å²) in [5.41, 5.74) is 3.49. The van der Waals surface area contributed by atoms with E-state index in [0.717, 1.165) is 12.1 Å². The molecule has 0 bridgehead atoms. The minimum absolute atomic E-state index is 0.0224. The van der Waals surface area contributed by atoms with Crippen molar-refractivity contribution in [1.29, 1.82) is 0 Å². The quantitative estimate of drug-likeness (QED) is 0.670. The maximum absolute atomic E-state index is 13.5. The second-order valence-electron chi connectivity index (χ2n) is 6.42. The van der Waals surface area contributed by atoms with Crippen LogP contribution in [0.1, 0.15) is 44.8 Å². The number of rotatable bonds is 2. The van der Waals surface area contributed by atoms with Crippen LogP contribution in [0.5, 0.6) is 0 Å². The first-order valence-corrected chi connectivity index (χ1v) is 6.82. The van der Waals surface area contributed by atoms with Crippen molar-refractivity contribution < 1.29 is 26.9 Å². The van der Waals surface area contributed by atoms with Crippen molar-refractivity contribution in [1.82, 2.24) is 0 Å². The van der Waals surface area contributed by atoms with E-state index in [1.165, 1.54) is 0 Å². The summed E-state index contributed by atoms with van der Waals surface area (Å²) in [4.78, 5) is 0. The van der Waals surface area contributed by atoms with Gasteiger partial charge in [-0.2, -0.15) is 13.2 Å². The summed E-state index contributed by atoms with van der Waals surface area (Å²) >= 11 is 0. The fourth-order valence-electron chi connectivity index (χ4n) is 2.16. The minimum atomic E-state index is -4.65. The zero-order valence-corrected chi connectivity index (χ0v) is 12.8. The lowest BCUT2D eigenvalue weighted by atomic mass is 9.74. The highest BCUT2D eigenvalue weighted by molar-refractivity contribution is 6.47. The van der Waals surface area contributed by atoms with Gasteiger partial charge in [-0.05, 0) is 51.5 Å². The van der Waals surface area contributed by atoms with Crippen LogP contribution in [0.2, 0.25) is 0 Å². The molecule has 0 saturated carbocycles. The first-order chi connectivity index (χ1) is 9.83. The van der Waals surface area contributed by atoms with E-state index in [2.05, 4.69) is 0 Å². The molecule has 1 saturated heterocycles. The van der Waals surface area contributed by atoms with Gasteiger partial charge in [0.2, 0.25) is 0 Å². The van der Waals surface area contributed by atoms with Crippen molar-refractivity contribution in [2.45, 2.75) is 51.0 Å². The predicted octanol–water partition coefficient (Wildman–Crippen LogP) is 3.48. The lowest BCUT2D eigenvalue weighted by Gasteiger charge is -2.32. The van der Waals surface area contributed by atoms with E-state index in [4.69, 9.17) is 15.0 Å². The Balaban J connectivity index is 2.32. The molecule has 1 aromatic rings. The van der Waals surface area contributed by atoms with Crippen molar-refractivity contribution in [2.24, 2.45) is 5.73 Å². The highest BCUT2D eigenvalue weighted by atomic mass is 19.4. The molecule has 0 aliphatic carbocycles. The SMILES string of the molecule is CC1(C)OB([C@@H](N)c2cc(F)cc(C(F)(F)F)c2)OC1(C)C. The molecule has 1 atom stereocenters. The molecule has 0 radical (unpaired) electrons. The third-order valence-corrected chi connectivity index (χ3v) is 4.20. The van der Waals surface area contributed by atoms with Crippen molar-refractivity contribution in [3.63, 3.8) is 0 Å². The van der Waals surface area contributed by atoms with E-state index in [0.29, 0.717) is 6.07 Å². The summed E-state index contributed by atoms with van der Waals surface area (Å²) < 4.78 is 63.2. The molecule has 0 aromatic heterocycles. The molecule has 1 fully saturated rings. The summed E-state index contributed by atoms with van der Waals surface area (Å²) in [7, 11) is -0.951. The van der Waals surface area contributed by atoms with Crippen LogP contribution in [0.4, 0.5) is 17.6 Å². The molecule has 2 N–H and O–H groups in total. The van der Waals surface area contributed by atoms with Crippen LogP contribution in [0, 0.1) is 5.82 Å². The van der Waals surface area contributed by atoms with Gasteiger partial charge in [0, 0.05) is 0 Å². The zero-order valence-electron chi connectivity index (χ0n) is 12.8. The largest absolute Gasteiger partial charge is 0.480 e. The smallest absolute Gasteiger partial charge is 0.402 e. The predicted molar refractivity (Wildman–Crippen MR) is 74.4 cm³/mol. The molecular weight excluding hydrogens is 301 g/mol. The maximum atomic E-state index is 13.5. The van der Waals surface area contributed by atoms with Gasteiger partial charge in [0.1, 0.15) is 5.82 Å². The molecule has 3 nitrogen and oxygen atoms in total. The van der Waals surface area contributed by atoms with Crippen LogP contribution in [-0.2, 0) is 15.5 Å². The number of alkyl halides is 3. The monoisotopic (exact) mass is 319 g/mol. The Morgan fingerprint density at radius 3 is 2.00 bits per heavy atom. The first kappa shape index (κ1) is 17.2. The Labute approximate surface area is 126 Å². The van der Waals surface area contributed by atoms with E-state index in [9.17, 15) is 17.6 Å². The van der Waals surface area contributed by atoms with Gasteiger partial charge in [0.15, 0.2) is 0 Å². The van der Waals surface area contributed by atoms with Gasteiger partial charge < -0.3 is 15.0 Å². The molecule has 1 heterocycles. The third-order valence-electron chi connectivity index (χ3n) is 4.20. The van der Waals surface area contributed by atoms with Crippen molar-refractivity contribution in [2.75, 3.05) is 0 Å². The maximum Gasteiger partial charge on any atom is 0.480 e. The zero-order chi connectivity index (χ0) is 16.9. The molecule has 0 spiro atoms. The molecule has 8 heteroatoms. The molecular formula is C14H18BF4NO2. The normalized spacial score (nSPS) is 22.0. The van der Waals surface area contributed by atoms with E-state index in [1.54, 1.807) is 27.7 Å². The van der Waals surface area contributed by atoms with Crippen LogP contribution >= 0.6 is 0 Å². The average molecular weight is 319 g/mol. The Morgan fingerprint density at radius 2 is 1.55 bits per heavy atom. The topological polar surface area (TPSA) is 44.5 Å². The number of nitrogens with two attached hydrogens (primary N) is 1. The molecule has 1 aliphatic rings. The van der Waals surface area contributed by atoms with E-state index in [1.807, 2.05) is 0 Å². The van der Waals surface area contributed by atoms with Crippen molar-refractivity contribution in [3.8, 4) is 0 Å². The van der Waals surface area contributed by atoms with Crippen LogP contribution < -0.4 is 5.73 Å². The molecule has 0 unspecified atom stereocenters. The molecule has 2 rings (SSSR count). The highest BCUT2D eigenvalue weighted by Gasteiger charge is 2.53. The van der Waals surface area contributed by atoms with Crippen LogP contribution in [-0.4, -0.2) is 18.3 Å². The number of halogens is 4. The minimum Gasteiger partial charge on any atom is -0.402 e. The number of benzene rings is 1. The number of hydrogen-bond donors (Lipinski definition) is 1. The van der Waals surface area contributed by atoms with Gasteiger partial charge in [0.05, 0.1) is 22.7 Å². The van der Waals surface area contributed by atoms with Crippen molar-refractivity contribution in [3.05, 3.63) is 35.1 Å². The fraction of sp³-hybridized carbons (Fsp3) is 0.571. The highest BCUT2D eigenvalue weighted by Crippen LogP contribution is 2.40. The summed E-state index contributed by atoms with van der Waals surface area (Å²) in [6.45, 7) is 7.19. The van der Waals surface area contributed by atoms with E-state index >= 15 is 0 Å². The van der Waals surface area contributed by atoms with Gasteiger partial charge >= 0.3 is 13.3 Å². The summed E-state index contributed by atoms with van der Waals surface area (Å²) in [6, 6.07) is 2.21. The van der Waals surface area contributed by atoms with Gasteiger partial charge in [-0.3, -0.25) is 0 Å². The van der Waals surface area contributed by atoms with E-state index < -0.39 is 41.8 Å². The second kappa shape index (κ2) is 5.21. The average Bonchev–Trinajstić information content (AvgIpc) is 2.55. The van der Waals surface area contributed by atoms with Crippen LogP contribution in [0.25, 0.3) is 0 Å². The molecule has 1 aliphatic heterocycles.